The van der Waals surface area contributed by atoms with E-state index in [0.29, 0.717) is 18.1 Å². The van der Waals surface area contributed by atoms with Crippen LogP contribution < -0.4 is 9.47 Å². The molecule has 5 nitrogen and oxygen atoms in total. The fourth-order valence-electron chi connectivity index (χ4n) is 1.28. The number of ether oxygens (including phenoxy) is 3. The highest BCUT2D eigenvalue weighted by Crippen LogP contribution is 2.18. The van der Waals surface area contributed by atoms with Gasteiger partial charge in [0.1, 0.15) is 11.5 Å². The summed E-state index contributed by atoms with van der Waals surface area (Å²) < 4.78 is 15.2. The topological polar surface area (TPSA) is 61.8 Å². The first kappa shape index (κ1) is 15.8. The van der Waals surface area contributed by atoms with Gasteiger partial charge < -0.3 is 14.2 Å². The van der Waals surface area contributed by atoms with Crippen molar-refractivity contribution in [1.82, 2.24) is 0 Å². The maximum atomic E-state index is 11.7. The Kier molecular flexibility index (Phi) is 5.77. The molecule has 0 amide bonds. The summed E-state index contributed by atoms with van der Waals surface area (Å²) >= 11 is 0. The van der Waals surface area contributed by atoms with Gasteiger partial charge in [-0.05, 0) is 45.0 Å². The Morgan fingerprint density at radius 1 is 1.20 bits per heavy atom. The predicted octanol–water partition coefficient (Wildman–Crippen LogP) is 2.50. The van der Waals surface area contributed by atoms with Gasteiger partial charge in [-0.2, -0.15) is 0 Å². The molecule has 5 heteroatoms. The zero-order valence-corrected chi connectivity index (χ0v) is 11.8. The highest BCUT2D eigenvalue weighted by atomic mass is 16.6. The van der Waals surface area contributed by atoms with Gasteiger partial charge in [0.15, 0.2) is 6.10 Å². The molecule has 1 atom stereocenters. The van der Waals surface area contributed by atoms with Gasteiger partial charge in [-0.15, -0.1) is 0 Å². The number of carbonyl (C=O) groups excluding carboxylic acids is 2. The minimum absolute atomic E-state index is 0.228. The molecule has 1 aromatic carbocycles. The van der Waals surface area contributed by atoms with Gasteiger partial charge in [0, 0.05) is 5.57 Å². The predicted molar refractivity (Wildman–Crippen MR) is 73.6 cm³/mol. The minimum Gasteiger partial charge on any atom is -0.494 e. The number of esters is 2. The molecule has 0 aliphatic rings. The number of benzene rings is 1. The lowest BCUT2D eigenvalue weighted by atomic mass is 10.3. The Balaban J connectivity index is 2.56. The molecule has 0 radical (unpaired) electrons. The number of hydrogen-bond donors (Lipinski definition) is 0. The maximum absolute atomic E-state index is 11.7. The molecule has 0 bridgehead atoms. The van der Waals surface area contributed by atoms with E-state index in [4.69, 9.17) is 14.2 Å². The molecule has 108 valence electrons. The monoisotopic (exact) mass is 278 g/mol. The molecule has 0 heterocycles. The van der Waals surface area contributed by atoms with Crippen molar-refractivity contribution in [3.63, 3.8) is 0 Å². The van der Waals surface area contributed by atoms with E-state index < -0.39 is 18.0 Å². The standard InChI is InChI=1S/C15H18O5/c1-5-18-12-6-8-13(9-7-12)20-15(17)11(4)19-14(16)10(2)3/h6-9,11H,2,5H2,1,3-4H3. The Hall–Kier alpha value is -2.30. The van der Waals surface area contributed by atoms with Crippen LogP contribution in [-0.4, -0.2) is 24.6 Å². The van der Waals surface area contributed by atoms with Crippen LogP contribution in [0.5, 0.6) is 11.5 Å². The molecule has 0 aromatic heterocycles. The summed E-state index contributed by atoms with van der Waals surface area (Å²) in [6.07, 6.45) is -0.995. The molecular formula is C15H18O5. The van der Waals surface area contributed by atoms with Crippen molar-refractivity contribution in [3.8, 4) is 11.5 Å². The van der Waals surface area contributed by atoms with Gasteiger partial charge in [-0.1, -0.05) is 6.58 Å². The highest BCUT2D eigenvalue weighted by molar-refractivity contribution is 5.89. The molecule has 1 rings (SSSR count). The first-order valence-electron chi connectivity index (χ1n) is 6.25. The quantitative estimate of drug-likeness (QED) is 0.454. The summed E-state index contributed by atoms with van der Waals surface area (Å²) in [6, 6.07) is 6.60. The van der Waals surface area contributed by atoms with E-state index in [-0.39, 0.29) is 5.57 Å². The van der Waals surface area contributed by atoms with Crippen molar-refractivity contribution >= 4 is 11.9 Å². The van der Waals surface area contributed by atoms with E-state index in [9.17, 15) is 9.59 Å². The molecule has 0 fully saturated rings. The van der Waals surface area contributed by atoms with Crippen LogP contribution in [-0.2, 0) is 14.3 Å². The molecule has 0 saturated heterocycles. The third kappa shape index (κ3) is 4.76. The molecule has 1 unspecified atom stereocenters. The summed E-state index contributed by atoms with van der Waals surface area (Å²) in [5, 5.41) is 0. The minimum atomic E-state index is -0.995. The fourth-order valence-corrected chi connectivity index (χ4v) is 1.28. The summed E-state index contributed by atoms with van der Waals surface area (Å²) in [5.41, 5.74) is 0.228. The van der Waals surface area contributed by atoms with E-state index in [0.717, 1.165) is 0 Å². The summed E-state index contributed by atoms with van der Waals surface area (Å²) in [6.45, 7) is 8.83. The zero-order chi connectivity index (χ0) is 15.1. The van der Waals surface area contributed by atoms with Crippen LogP contribution in [0.3, 0.4) is 0 Å². The van der Waals surface area contributed by atoms with Gasteiger partial charge in [-0.3, -0.25) is 0 Å². The molecule has 0 spiro atoms. The highest BCUT2D eigenvalue weighted by Gasteiger charge is 2.20. The second kappa shape index (κ2) is 7.33. The van der Waals surface area contributed by atoms with E-state index in [1.165, 1.54) is 13.8 Å². The van der Waals surface area contributed by atoms with Gasteiger partial charge in [0.2, 0.25) is 0 Å². The van der Waals surface area contributed by atoms with Crippen LogP contribution >= 0.6 is 0 Å². The smallest absolute Gasteiger partial charge is 0.352 e. The normalized spacial score (nSPS) is 11.3. The lowest BCUT2D eigenvalue weighted by molar-refractivity contribution is -0.158. The van der Waals surface area contributed by atoms with Gasteiger partial charge in [0.25, 0.3) is 0 Å². The van der Waals surface area contributed by atoms with Crippen LogP contribution in [0.15, 0.2) is 36.4 Å². The van der Waals surface area contributed by atoms with E-state index >= 15 is 0 Å². The summed E-state index contributed by atoms with van der Waals surface area (Å²) in [5.74, 6) is -0.226. The van der Waals surface area contributed by atoms with Crippen molar-refractivity contribution in [2.75, 3.05) is 6.61 Å². The SMILES string of the molecule is C=C(C)C(=O)OC(C)C(=O)Oc1ccc(OCC)cc1. The van der Waals surface area contributed by atoms with Crippen LogP contribution in [0.2, 0.25) is 0 Å². The number of rotatable bonds is 6. The second-order valence-corrected chi connectivity index (χ2v) is 4.15. The Morgan fingerprint density at radius 2 is 1.75 bits per heavy atom. The van der Waals surface area contributed by atoms with Crippen molar-refractivity contribution in [1.29, 1.82) is 0 Å². The average Bonchev–Trinajstić information content (AvgIpc) is 2.41. The fraction of sp³-hybridized carbons (Fsp3) is 0.333. The largest absolute Gasteiger partial charge is 0.494 e. The second-order valence-electron chi connectivity index (χ2n) is 4.15. The van der Waals surface area contributed by atoms with Crippen molar-refractivity contribution in [3.05, 3.63) is 36.4 Å². The van der Waals surface area contributed by atoms with Crippen LogP contribution in [0.1, 0.15) is 20.8 Å². The lowest BCUT2D eigenvalue weighted by Gasteiger charge is -2.12. The van der Waals surface area contributed by atoms with Gasteiger partial charge in [0.05, 0.1) is 6.61 Å². The lowest BCUT2D eigenvalue weighted by Crippen LogP contribution is -2.28. The molecule has 0 aliphatic heterocycles. The first-order valence-corrected chi connectivity index (χ1v) is 6.25. The zero-order valence-electron chi connectivity index (χ0n) is 11.8. The van der Waals surface area contributed by atoms with Gasteiger partial charge in [-0.25, -0.2) is 9.59 Å². The Morgan fingerprint density at radius 3 is 2.25 bits per heavy atom. The maximum Gasteiger partial charge on any atom is 0.352 e. The van der Waals surface area contributed by atoms with E-state index in [1.54, 1.807) is 24.3 Å². The van der Waals surface area contributed by atoms with Crippen LogP contribution in [0.25, 0.3) is 0 Å². The molecule has 1 aromatic rings. The third-order valence-electron chi connectivity index (χ3n) is 2.32. The first-order chi connectivity index (χ1) is 9.43. The molecule has 0 saturated carbocycles. The average molecular weight is 278 g/mol. The van der Waals surface area contributed by atoms with E-state index in [2.05, 4.69) is 6.58 Å². The summed E-state index contributed by atoms with van der Waals surface area (Å²) in [7, 11) is 0. The molecular weight excluding hydrogens is 260 g/mol. The molecule has 0 aliphatic carbocycles. The molecule has 20 heavy (non-hydrogen) atoms. The van der Waals surface area contributed by atoms with Gasteiger partial charge >= 0.3 is 11.9 Å². The van der Waals surface area contributed by atoms with Crippen LogP contribution in [0, 0.1) is 0 Å². The number of carbonyl (C=O) groups is 2. The molecule has 0 N–H and O–H groups in total. The van der Waals surface area contributed by atoms with Crippen LogP contribution in [0.4, 0.5) is 0 Å². The van der Waals surface area contributed by atoms with E-state index in [1.807, 2.05) is 6.92 Å². The third-order valence-corrected chi connectivity index (χ3v) is 2.32. The number of hydrogen-bond acceptors (Lipinski definition) is 5. The van der Waals surface area contributed by atoms with Crippen molar-refractivity contribution < 1.29 is 23.8 Å². The van der Waals surface area contributed by atoms with Crippen molar-refractivity contribution in [2.24, 2.45) is 0 Å². The Labute approximate surface area is 118 Å². The van der Waals surface area contributed by atoms with Crippen molar-refractivity contribution in [2.45, 2.75) is 26.9 Å². The Bertz CT molecular complexity index is 489. The summed E-state index contributed by atoms with van der Waals surface area (Å²) in [4.78, 5) is 23.0.